The van der Waals surface area contributed by atoms with Crippen LogP contribution in [-0.2, 0) is 0 Å². The van der Waals surface area contributed by atoms with Crippen LogP contribution in [0, 0.1) is 0 Å². The topological polar surface area (TPSA) is 3.24 Å². The van der Waals surface area contributed by atoms with Crippen LogP contribution in [0.2, 0.25) is 0 Å². The smallest absolute Gasteiger partial charge is 0.0467 e. The zero-order valence-electron chi connectivity index (χ0n) is 32.3. The van der Waals surface area contributed by atoms with E-state index < -0.39 is 0 Å². The van der Waals surface area contributed by atoms with Gasteiger partial charge in [-0.25, -0.2) is 0 Å². The number of anilines is 3. The van der Waals surface area contributed by atoms with Crippen LogP contribution in [0.1, 0.15) is 0 Å². The molecule has 274 valence electrons. The highest BCUT2D eigenvalue weighted by atomic mass is 15.1. The van der Waals surface area contributed by atoms with Gasteiger partial charge in [-0.2, -0.15) is 0 Å². The molecule has 0 aliphatic heterocycles. The first-order valence-corrected chi connectivity index (χ1v) is 20.4. The van der Waals surface area contributed by atoms with Gasteiger partial charge in [0.2, 0.25) is 0 Å². The molecule has 59 heavy (non-hydrogen) atoms. The molecular weight excluding hydrogens is 711 g/mol. The Bertz CT molecular complexity index is 3440. The summed E-state index contributed by atoms with van der Waals surface area (Å²) in [6.07, 6.45) is 0. The fourth-order valence-corrected chi connectivity index (χ4v) is 9.54. The minimum Gasteiger partial charge on any atom is -0.310 e. The van der Waals surface area contributed by atoms with Crippen molar-refractivity contribution in [1.29, 1.82) is 0 Å². The average Bonchev–Trinajstić information content (AvgIpc) is 3.63. The fourth-order valence-electron chi connectivity index (χ4n) is 9.54. The van der Waals surface area contributed by atoms with Gasteiger partial charge < -0.3 is 4.90 Å². The van der Waals surface area contributed by atoms with Gasteiger partial charge in [0.15, 0.2) is 0 Å². The first-order valence-electron chi connectivity index (χ1n) is 20.4. The van der Waals surface area contributed by atoms with Crippen molar-refractivity contribution in [2.75, 3.05) is 4.90 Å². The maximum Gasteiger partial charge on any atom is 0.0467 e. The zero-order chi connectivity index (χ0) is 38.9. The normalized spacial score (nSPS) is 11.7. The molecule has 0 radical (unpaired) electrons. The molecule has 0 N–H and O–H groups in total. The SMILES string of the molecule is c1cc(-c2cc3c4c(cccc4c2)-c2ccccc2-3)cc(N(c2ccc(-c3cccc4ccccc34)cc2)c2cccc(-c3ccc4c(ccc5ccccc54)c3)c2)c1. The van der Waals surface area contributed by atoms with Crippen molar-refractivity contribution in [3.63, 3.8) is 0 Å². The second-order valence-corrected chi connectivity index (χ2v) is 15.7. The van der Waals surface area contributed by atoms with Gasteiger partial charge >= 0.3 is 0 Å². The number of benzene rings is 11. The zero-order valence-corrected chi connectivity index (χ0v) is 32.3. The Labute approximate surface area is 343 Å². The van der Waals surface area contributed by atoms with E-state index in [4.69, 9.17) is 0 Å². The van der Waals surface area contributed by atoms with Gasteiger partial charge in [-0.15, -0.1) is 0 Å². The van der Waals surface area contributed by atoms with Gasteiger partial charge in [0.05, 0.1) is 0 Å². The maximum atomic E-state index is 2.40. The lowest BCUT2D eigenvalue weighted by Crippen LogP contribution is -2.10. The lowest BCUT2D eigenvalue weighted by Gasteiger charge is -2.27. The Morgan fingerprint density at radius 1 is 0.220 bits per heavy atom. The molecule has 11 aromatic rings. The predicted octanol–water partition coefficient (Wildman–Crippen LogP) is 16.4. The van der Waals surface area contributed by atoms with Crippen LogP contribution in [0.4, 0.5) is 17.1 Å². The summed E-state index contributed by atoms with van der Waals surface area (Å²) in [4.78, 5) is 2.40. The van der Waals surface area contributed by atoms with Crippen LogP contribution in [0.3, 0.4) is 0 Å². The van der Waals surface area contributed by atoms with Crippen molar-refractivity contribution in [2.45, 2.75) is 0 Å². The van der Waals surface area contributed by atoms with Gasteiger partial charge in [0.1, 0.15) is 0 Å². The second kappa shape index (κ2) is 13.4. The summed E-state index contributed by atoms with van der Waals surface area (Å²) in [7, 11) is 0. The highest BCUT2D eigenvalue weighted by Crippen LogP contribution is 2.49. The number of nitrogens with zero attached hydrogens (tertiary/aromatic N) is 1. The van der Waals surface area contributed by atoms with E-state index >= 15 is 0 Å². The fraction of sp³-hybridized carbons (Fsp3) is 0. The van der Waals surface area contributed by atoms with E-state index in [0.29, 0.717) is 0 Å². The molecule has 1 aliphatic rings. The van der Waals surface area contributed by atoms with E-state index in [9.17, 15) is 0 Å². The van der Waals surface area contributed by atoms with Crippen molar-refractivity contribution in [3.05, 3.63) is 224 Å². The van der Waals surface area contributed by atoms with Gasteiger partial charge in [-0.3, -0.25) is 0 Å². The van der Waals surface area contributed by atoms with Gasteiger partial charge in [-0.05, 0) is 153 Å². The van der Waals surface area contributed by atoms with Crippen molar-refractivity contribution < 1.29 is 0 Å². The van der Waals surface area contributed by atoms with E-state index in [2.05, 4.69) is 229 Å². The molecule has 0 spiro atoms. The standard InChI is InChI=1S/C58H37N/c1-3-19-50-38(11-1)13-9-23-52(50)40-27-30-47(31-28-40)59(48-17-7-14-41(35-48)43-29-32-53-44(33-43)26-25-39-12-2-4-20-51(39)53)49-18-8-15-42(36-49)46-34-45-16-10-24-56-54-21-5-6-22-55(54)57(37-46)58(45)56/h1-37H. The third-order valence-electron chi connectivity index (χ3n) is 12.3. The molecule has 0 saturated heterocycles. The Morgan fingerprint density at radius 2 is 0.729 bits per heavy atom. The highest BCUT2D eigenvalue weighted by Gasteiger charge is 2.22. The Hall–Kier alpha value is -7.74. The number of hydrogen-bond donors (Lipinski definition) is 0. The molecule has 1 aliphatic carbocycles. The van der Waals surface area contributed by atoms with E-state index in [0.717, 1.165) is 17.1 Å². The molecule has 0 amide bonds. The molecule has 0 fully saturated rings. The van der Waals surface area contributed by atoms with Crippen LogP contribution in [0.5, 0.6) is 0 Å². The Morgan fingerprint density at radius 3 is 1.51 bits per heavy atom. The van der Waals surface area contributed by atoms with E-state index in [1.807, 2.05) is 0 Å². The molecule has 0 bridgehead atoms. The molecule has 0 heterocycles. The average molecular weight is 748 g/mol. The number of fused-ring (bicyclic) bond motifs is 7. The summed E-state index contributed by atoms with van der Waals surface area (Å²) in [5.74, 6) is 0. The van der Waals surface area contributed by atoms with Crippen molar-refractivity contribution in [2.24, 2.45) is 0 Å². The summed E-state index contributed by atoms with van der Waals surface area (Å²) in [5, 5.41) is 10.2. The summed E-state index contributed by atoms with van der Waals surface area (Å²) >= 11 is 0. The number of rotatable bonds is 6. The quantitative estimate of drug-likeness (QED) is 0.153. The van der Waals surface area contributed by atoms with E-state index in [-0.39, 0.29) is 0 Å². The first-order chi connectivity index (χ1) is 29.2. The monoisotopic (exact) mass is 747 g/mol. The summed E-state index contributed by atoms with van der Waals surface area (Å²) < 4.78 is 0. The molecule has 0 unspecified atom stereocenters. The van der Waals surface area contributed by atoms with Crippen molar-refractivity contribution >= 4 is 60.2 Å². The van der Waals surface area contributed by atoms with Crippen LogP contribution < -0.4 is 4.90 Å². The predicted molar refractivity (Wildman–Crippen MR) is 252 cm³/mol. The Balaban J connectivity index is 0.994. The third kappa shape index (κ3) is 5.55. The lowest BCUT2D eigenvalue weighted by molar-refractivity contribution is 1.28. The van der Waals surface area contributed by atoms with E-state index in [1.165, 1.54) is 98.7 Å². The van der Waals surface area contributed by atoms with Crippen LogP contribution in [0.25, 0.3) is 98.7 Å². The molecule has 1 nitrogen and oxygen atoms in total. The van der Waals surface area contributed by atoms with Crippen molar-refractivity contribution in [3.8, 4) is 55.6 Å². The minimum absolute atomic E-state index is 1.10. The van der Waals surface area contributed by atoms with Crippen molar-refractivity contribution in [1.82, 2.24) is 0 Å². The molecule has 12 rings (SSSR count). The molecular formula is C58H37N. The third-order valence-corrected chi connectivity index (χ3v) is 12.3. The first kappa shape index (κ1) is 33.4. The minimum atomic E-state index is 1.10. The van der Waals surface area contributed by atoms with E-state index in [1.54, 1.807) is 0 Å². The Kier molecular flexibility index (Phi) is 7.61. The van der Waals surface area contributed by atoms with Crippen LogP contribution in [0.15, 0.2) is 224 Å². The summed E-state index contributed by atoms with van der Waals surface area (Å²) in [5.41, 5.74) is 15.8. The van der Waals surface area contributed by atoms with Gasteiger partial charge in [0, 0.05) is 17.1 Å². The number of hydrogen-bond acceptors (Lipinski definition) is 1. The molecule has 11 aromatic carbocycles. The molecule has 0 aromatic heterocycles. The lowest BCUT2D eigenvalue weighted by atomic mass is 9.95. The van der Waals surface area contributed by atoms with Gasteiger partial charge in [0.25, 0.3) is 0 Å². The molecule has 1 heteroatoms. The summed E-state index contributed by atoms with van der Waals surface area (Å²) in [6, 6.07) is 82.6. The molecule has 0 atom stereocenters. The maximum absolute atomic E-state index is 2.40. The van der Waals surface area contributed by atoms with Gasteiger partial charge in [-0.1, -0.05) is 170 Å². The largest absolute Gasteiger partial charge is 0.310 e. The van der Waals surface area contributed by atoms with Crippen LogP contribution in [-0.4, -0.2) is 0 Å². The highest BCUT2D eigenvalue weighted by molar-refractivity contribution is 6.16. The molecule has 0 saturated carbocycles. The van der Waals surface area contributed by atoms with Crippen LogP contribution >= 0.6 is 0 Å². The summed E-state index contributed by atoms with van der Waals surface area (Å²) in [6.45, 7) is 0. The second-order valence-electron chi connectivity index (χ2n) is 15.7.